The number of thiophene rings is 1. The number of anilines is 1. The first-order chi connectivity index (χ1) is 13.0. The minimum absolute atomic E-state index is 0.0320. The van der Waals surface area contributed by atoms with Crippen molar-refractivity contribution in [3.05, 3.63) is 28.6 Å². The van der Waals surface area contributed by atoms with Gasteiger partial charge in [0.05, 0.1) is 23.1 Å². The number of hydrogen-bond acceptors (Lipinski definition) is 6. The predicted molar refractivity (Wildman–Crippen MR) is 103 cm³/mol. The molecule has 2 aromatic heterocycles. The van der Waals surface area contributed by atoms with Crippen LogP contribution in [0.15, 0.2) is 18.2 Å². The van der Waals surface area contributed by atoms with E-state index >= 15 is 0 Å². The number of fused-ring (bicyclic) bond motifs is 3. The Balaban J connectivity index is 1.62. The normalized spacial score (nSPS) is 26.8. The first kappa shape index (κ1) is 18.6. The molecule has 2 aromatic rings. The van der Waals surface area contributed by atoms with Crippen molar-refractivity contribution in [3.8, 4) is 10.6 Å². The van der Waals surface area contributed by atoms with E-state index < -0.39 is 0 Å². The van der Waals surface area contributed by atoms with Gasteiger partial charge in [-0.25, -0.2) is 9.97 Å². The summed E-state index contributed by atoms with van der Waals surface area (Å²) in [6.07, 6.45) is 4.33. The number of rotatable bonds is 5. The van der Waals surface area contributed by atoms with Crippen molar-refractivity contribution in [1.82, 2.24) is 9.97 Å². The number of aromatic nitrogens is 2. The summed E-state index contributed by atoms with van der Waals surface area (Å²) in [4.78, 5) is 21.8. The lowest BCUT2D eigenvalue weighted by molar-refractivity contribution is -0.154. The summed E-state index contributed by atoms with van der Waals surface area (Å²) in [6, 6.07) is 4.81. The predicted octanol–water partition coefficient (Wildman–Crippen LogP) is 4.78. The molecule has 0 spiro atoms. The zero-order valence-electron chi connectivity index (χ0n) is 15.0. The molecule has 144 valence electrons. The zero-order chi connectivity index (χ0) is 19.0. The molecule has 0 unspecified atom stereocenters. The van der Waals surface area contributed by atoms with E-state index in [9.17, 15) is 9.18 Å². The van der Waals surface area contributed by atoms with E-state index in [1.807, 2.05) is 6.92 Å². The second-order valence-corrected chi connectivity index (χ2v) is 8.51. The van der Waals surface area contributed by atoms with Gasteiger partial charge in [-0.2, -0.15) is 4.39 Å². The van der Waals surface area contributed by atoms with E-state index in [1.165, 1.54) is 6.07 Å². The van der Waals surface area contributed by atoms with Crippen molar-refractivity contribution >= 4 is 34.7 Å². The standard InChI is InChI=1S/C19H21ClFN3O2S/c1-2-26-18(25)16-10-3-5-11(6-4-10)17(16)23-15-9-12(22-19(20)24-15)13-7-8-14(21)27-13/h7-11,16-17H,2-6H2,1H3,(H,22,23,24)/t10?,11?,16-,17-/m0/s1. The average molecular weight is 410 g/mol. The largest absolute Gasteiger partial charge is 0.466 e. The van der Waals surface area contributed by atoms with Gasteiger partial charge < -0.3 is 10.1 Å². The lowest BCUT2D eigenvalue weighted by atomic mass is 9.61. The lowest BCUT2D eigenvalue weighted by Gasteiger charge is -2.47. The van der Waals surface area contributed by atoms with E-state index in [-0.39, 0.29) is 28.3 Å². The van der Waals surface area contributed by atoms with Crippen LogP contribution in [0.5, 0.6) is 0 Å². The zero-order valence-corrected chi connectivity index (χ0v) is 16.5. The third-order valence-electron chi connectivity index (χ3n) is 5.62. The summed E-state index contributed by atoms with van der Waals surface area (Å²) in [5.41, 5.74) is 0.569. The molecule has 0 aliphatic heterocycles. The summed E-state index contributed by atoms with van der Waals surface area (Å²) in [6.45, 7) is 2.21. The lowest BCUT2D eigenvalue weighted by Crippen LogP contribution is -2.52. The summed E-state index contributed by atoms with van der Waals surface area (Å²) in [7, 11) is 0. The second kappa shape index (κ2) is 7.72. The molecule has 3 saturated carbocycles. The summed E-state index contributed by atoms with van der Waals surface area (Å²) >= 11 is 7.12. The SMILES string of the molecule is CCOC(=O)[C@H]1C2CCC(CC2)[C@@H]1Nc1cc(-c2ccc(F)s2)nc(Cl)n1. The van der Waals surface area contributed by atoms with Crippen LogP contribution in [0.2, 0.25) is 5.28 Å². The number of carbonyl (C=O) groups is 1. The number of ether oxygens (including phenoxy) is 1. The van der Waals surface area contributed by atoms with Gasteiger partial charge in [0.1, 0.15) is 5.82 Å². The molecular weight excluding hydrogens is 389 g/mol. The van der Waals surface area contributed by atoms with E-state index in [0.717, 1.165) is 37.0 Å². The van der Waals surface area contributed by atoms with Gasteiger partial charge in [0.25, 0.3) is 0 Å². The van der Waals surface area contributed by atoms with Crippen LogP contribution in [0.4, 0.5) is 10.2 Å². The molecule has 5 rings (SSSR count). The Bertz CT molecular complexity index is 838. The molecule has 27 heavy (non-hydrogen) atoms. The van der Waals surface area contributed by atoms with Crippen LogP contribution in [0, 0.1) is 22.9 Å². The highest BCUT2D eigenvalue weighted by atomic mass is 35.5. The second-order valence-electron chi connectivity index (χ2n) is 7.13. The molecule has 0 amide bonds. The number of carbonyl (C=O) groups excluding carboxylic acids is 1. The van der Waals surface area contributed by atoms with Crippen LogP contribution in [-0.4, -0.2) is 28.6 Å². The number of hydrogen-bond donors (Lipinski definition) is 1. The average Bonchev–Trinajstić information content (AvgIpc) is 3.09. The first-order valence-electron chi connectivity index (χ1n) is 9.28. The molecule has 5 nitrogen and oxygen atoms in total. The molecule has 0 aromatic carbocycles. The van der Waals surface area contributed by atoms with Crippen LogP contribution in [-0.2, 0) is 9.53 Å². The Kier molecular flexibility index (Phi) is 5.32. The summed E-state index contributed by atoms with van der Waals surface area (Å²) < 4.78 is 18.7. The first-order valence-corrected chi connectivity index (χ1v) is 10.5. The van der Waals surface area contributed by atoms with Gasteiger partial charge in [0.2, 0.25) is 5.28 Å². The van der Waals surface area contributed by atoms with Crippen molar-refractivity contribution in [2.24, 2.45) is 17.8 Å². The fraction of sp³-hybridized carbons (Fsp3) is 0.526. The van der Waals surface area contributed by atoms with Gasteiger partial charge in [-0.15, -0.1) is 11.3 Å². The molecule has 0 radical (unpaired) electrons. The molecule has 2 heterocycles. The van der Waals surface area contributed by atoms with Crippen molar-refractivity contribution in [3.63, 3.8) is 0 Å². The fourth-order valence-electron chi connectivity index (χ4n) is 4.48. The quantitative estimate of drug-likeness (QED) is 0.568. The van der Waals surface area contributed by atoms with Crippen LogP contribution < -0.4 is 5.32 Å². The maximum atomic E-state index is 13.4. The van der Waals surface area contributed by atoms with Gasteiger partial charge in [-0.1, -0.05) is 0 Å². The molecule has 1 N–H and O–H groups in total. The van der Waals surface area contributed by atoms with Crippen molar-refractivity contribution in [2.75, 3.05) is 11.9 Å². The van der Waals surface area contributed by atoms with Crippen LogP contribution in [0.25, 0.3) is 10.6 Å². The van der Waals surface area contributed by atoms with E-state index in [2.05, 4.69) is 15.3 Å². The minimum Gasteiger partial charge on any atom is -0.466 e. The molecular formula is C19H21ClFN3O2S. The van der Waals surface area contributed by atoms with Gasteiger partial charge in [0, 0.05) is 12.1 Å². The molecule has 2 bridgehead atoms. The fourth-order valence-corrected chi connectivity index (χ4v) is 5.35. The number of nitrogens with zero attached hydrogens (tertiary/aromatic N) is 2. The smallest absolute Gasteiger partial charge is 0.311 e. The molecule has 0 saturated heterocycles. The monoisotopic (exact) mass is 409 g/mol. The Hall–Kier alpha value is -1.73. The van der Waals surface area contributed by atoms with E-state index in [0.29, 0.717) is 34.8 Å². The van der Waals surface area contributed by atoms with Crippen molar-refractivity contribution in [1.29, 1.82) is 0 Å². The number of esters is 1. The van der Waals surface area contributed by atoms with E-state index in [4.69, 9.17) is 16.3 Å². The maximum absolute atomic E-state index is 13.4. The highest BCUT2D eigenvalue weighted by Gasteiger charge is 2.48. The third kappa shape index (κ3) is 3.80. The van der Waals surface area contributed by atoms with Crippen LogP contribution in [0.1, 0.15) is 32.6 Å². The van der Waals surface area contributed by atoms with Crippen molar-refractivity contribution < 1.29 is 13.9 Å². The van der Waals surface area contributed by atoms with Crippen LogP contribution >= 0.6 is 22.9 Å². The highest BCUT2D eigenvalue weighted by molar-refractivity contribution is 7.13. The Morgan fingerprint density at radius 1 is 1.30 bits per heavy atom. The van der Waals surface area contributed by atoms with Gasteiger partial charge in [-0.3, -0.25) is 4.79 Å². The van der Waals surface area contributed by atoms with Gasteiger partial charge in [0.15, 0.2) is 5.13 Å². The van der Waals surface area contributed by atoms with Crippen LogP contribution in [0.3, 0.4) is 0 Å². The number of nitrogens with one attached hydrogen (secondary N) is 1. The Morgan fingerprint density at radius 2 is 2.04 bits per heavy atom. The third-order valence-corrected chi connectivity index (χ3v) is 6.68. The van der Waals surface area contributed by atoms with Gasteiger partial charge in [-0.05, 0) is 68.2 Å². The molecule has 3 fully saturated rings. The molecule has 2 atom stereocenters. The maximum Gasteiger partial charge on any atom is 0.311 e. The number of halogens is 2. The Morgan fingerprint density at radius 3 is 2.70 bits per heavy atom. The topological polar surface area (TPSA) is 64.1 Å². The highest BCUT2D eigenvalue weighted by Crippen LogP contribution is 2.46. The molecule has 8 heteroatoms. The molecule has 3 aliphatic rings. The minimum atomic E-state index is -0.277. The summed E-state index contributed by atoms with van der Waals surface area (Å²) in [5.74, 6) is 1.00. The van der Waals surface area contributed by atoms with Crippen molar-refractivity contribution in [2.45, 2.75) is 38.6 Å². The van der Waals surface area contributed by atoms with Gasteiger partial charge >= 0.3 is 5.97 Å². The Labute approximate surface area is 166 Å². The summed E-state index contributed by atoms with van der Waals surface area (Å²) in [5, 5.41) is 3.25. The van der Waals surface area contributed by atoms with E-state index in [1.54, 1.807) is 12.1 Å². The molecule has 3 aliphatic carbocycles.